The summed E-state index contributed by atoms with van der Waals surface area (Å²) >= 11 is 0. The molecule has 2 aliphatic rings. The molecule has 1 heterocycles. The lowest BCUT2D eigenvalue weighted by atomic mass is 9.99. The van der Waals surface area contributed by atoms with E-state index >= 15 is 0 Å². The first kappa shape index (κ1) is 8.90. The first-order valence-corrected chi connectivity index (χ1v) is 4.31. The molecule has 1 saturated carbocycles. The minimum absolute atomic E-state index is 0.346. The molecule has 5 atom stereocenters. The average Bonchev–Trinajstić information content (AvgIpc) is 2.57. The average molecular weight is 189 g/mol. The maximum absolute atomic E-state index is 13.3. The molecule has 0 aromatic carbocycles. The lowest BCUT2D eigenvalue weighted by Crippen LogP contribution is -2.48. The first-order chi connectivity index (χ1) is 6.15. The smallest absolute Gasteiger partial charge is 0.323 e. The van der Waals surface area contributed by atoms with E-state index in [0.29, 0.717) is 6.42 Å². The molecule has 0 radical (unpaired) electrons. The van der Waals surface area contributed by atoms with Gasteiger partial charge in [0.15, 0.2) is 0 Å². The predicted molar refractivity (Wildman–Crippen MR) is 41.7 cm³/mol. The summed E-state index contributed by atoms with van der Waals surface area (Å²) in [5.41, 5.74) is 0. The number of aliphatic hydroxyl groups excluding tert-OH is 1. The van der Waals surface area contributed by atoms with E-state index < -0.39 is 36.2 Å². The van der Waals surface area contributed by atoms with Crippen LogP contribution in [0, 0.1) is 5.92 Å². The molecule has 0 aromatic rings. The Morgan fingerprint density at radius 3 is 2.77 bits per heavy atom. The van der Waals surface area contributed by atoms with Crippen molar-refractivity contribution in [2.24, 2.45) is 5.92 Å². The monoisotopic (exact) mass is 189 g/mol. The van der Waals surface area contributed by atoms with E-state index in [9.17, 15) is 14.3 Å². The molecule has 2 N–H and O–H groups in total. The maximum Gasteiger partial charge on any atom is 0.323 e. The molecule has 0 spiro atoms. The third-order valence-corrected chi connectivity index (χ3v) is 2.94. The number of piperidine rings is 1. The van der Waals surface area contributed by atoms with Crippen molar-refractivity contribution in [3.05, 3.63) is 0 Å². The van der Waals surface area contributed by atoms with Gasteiger partial charge in [-0.15, -0.1) is 0 Å². The fraction of sp³-hybridized carbons (Fsp3) is 0.875. The normalized spacial score (nSPS) is 48.1. The minimum atomic E-state index is -1.13. The highest BCUT2D eigenvalue weighted by Gasteiger charge is 2.56. The summed E-state index contributed by atoms with van der Waals surface area (Å²) in [4.78, 5) is 11.1. The highest BCUT2D eigenvalue weighted by molar-refractivity contribution is 5.77. The van der Waals surface area contributed by atoms with E-state index in [1.54, 1.807) is 0 Å². The van der Waals surface area contributed by atoms with Crippen LogP contribution in [0.5, 0.6) is 0 Å². The summed E-state index contributed by atoms with van der Waals surface area (Å²) in [7, 11) is 1.28. The lowest BCUT2D eigenvalue weighted by molar-refractivity contribution is -0.144. The predicted octanol–water partition coefficient (Wildman–Crippen LogP) is -0.781. The number of methoxy groups -OCH3 is 1. The zero-order chi connectivity index (χ0) is 9.59. The van der Waals surface area contributed by atoms with Gasteiger partial charge in [-0.2, -0.15) is 0 Å². The van der Waals surface area contributed by atoms with Crippen LogP contribution in [0.2, 0.25) is 0 Å². The number of nitrogens with one attached hydrogen (secondary N) is 1. The summed E-state index contributed by atoms with van der Waals surface area (Å²) in [5, 5.41) is 12.0. The number of carbonyl (C=O) groups is 1. The Balaban J connectivity index is 2.11. The van der Waals surface area contributed by atoms with E-state index in [0.717, 1.165) is 0 Å². The molecule has 1 aliphatic carbocycles. The Morgan fingerprint density at radius 1 is 1.69 bits per heavy atom. The second-order valence-corrected chi connectivity index (χ2v) is 3.60. The second-order valence-electron chi connectivity index (χ2n) is 3.60. The number of carbonyl (C=O) groups excluding carboxylic acids is 1. The summed E-state index contributed by atoms with van der Waals surface area (Å²) < 4.78 is 17.9. The van der Waals surface area contributed by atoms with Crippen molar-refractivity contribution in [3.63, 3.8) is 0 Å². The number of fused-ring (bicyclic) bond motifs is 2. The molecular weight excluding hydrogens is 177 g/mol. The fourth-order valence-corrected chi connectivity index (χ4v) is 2.26. The van der Waals surface area contributed by atoms with E-state index in [2.05, 4.69) is 10.1 Å². The molecule has 4 nitrogen and oxygen atoms in total. The van der Waals surface area contributed by atoms with Gasteiger partial charge in [0.1, 0.15) is 12.2 Å². The summed E-state index contributed by atoms with van der Waals surface area (Å²) in [5.74, 6) is -0.866. The number of halogens is 1. The van der Waals surface area contributed by atoms with E-state index in [1.165, 1.54) is 7.11 Å². The minimum Gasteiger partial charge on any atom is -0.468 e. The number of hydrogen-bond acceptors (Lipinski definition) is 4. The number of aliphatic hydroxyl groups is 1. The summed E-state index contributed by atoms with van der Waals surface area (Å²) in [6, 6.07) is -1.16. The highest BCUT2D eigenvalue weighted by Crippen LogP contribution is 2.38. The molecular formula is C8H12FNO3. The van der Waals surface area contributed by atoms with Crippen LogP contribution in [-0.2, 0) is 9.53 Å². The standard InChI is InChI=1S/C8H12FNO3/c1-13-8(12)6-3-2-4(11)7(10-6)5(3)9/h3-7,10-11H,2H2,1H3/t3-,4?,5+,6+,7+/m1/s1. The molecule has 1 saturated heterocycles. The molecule has 2 bridgehead atoms. The van der Waals surface area contributed by atoms with Crippen molar-refractivity contribution < 1.29 is 19.0 Å². The van der Waals surface area contributed by atoms with Gasteiger partial charge in [-0.25, -0.2) is 4.39 Å². The Kier molecular flexibility index (Phi) is 2.00. The topological polar surface area (TPSA) is 58.6 Å². The van der Waals surface area contributed by atoms with Crippen LogP contribution in [-0.4, -0.2) is 42.5 Å². The molecule has 5 heteroatoms. The number of alkyl halides is 1. The molecule has 2 rings (SSSR count). The molecule has 2 fully saturated rings. The Morgan fingerprint density at radius 2 is 2.38 bits per heavy atom. The van der Waals surface area contributed by atoms with Gasteiger partial charge in [0.25, 0.3) is 0 Å². The van der Waals surface area contributed by atoms with Crippen molar-refractivity contribution in [3.8, 4) is 0 Å². The van der Waals surface area contributed by atoms with Gasteiger partial charge in [-0.3, -0.25) is 10.1 Å². The first-order valence-electron chi connectivity index (χ1n) is 4.31. The molecule has 13 heavy (non-hydrogen) atoms. The zero-order valence-corrected chi connectivity index (χ0v) is 7.24. The van der Waals surface area contributed by atoms with Gasteiger partial charge < -0.3 is 9.84 Å². The number of esters is 1. The molecule has 1 aliphatic heterocycles. The Labute approximate surface area is 75.1 Å². The zero-order valence-electron chi connectivity index (χ0n) is 7.24. The van der Waals surface area contributed by atoms with Gasteiger partial charge >= 0.3 is 5.97 Å². The molecule has 0 aromatic heterocycles. The maximum atomic E-state index is 13.3. The van der Waals surface area contributed by atoms with Crippen molar-refractivity contribution in [1.82, 2.24) is 5.32 Å². The van der Waals surface area contributed by atoms with Gasteiger partial charge in [0.05, 0.1) is 19.3 Å². The van der Waals surface area contributed by atoms with Gasteiger partial charge in [-0.05, 0) is 6.42 Å². The van der Waals surface area contributed by atoms with E-state index in [4.69, 9.17) is 0 Å². The van der Waals surface area contributed by atoms with Crippen LogP contribution >= 0.6 is 0 Å². The summed E-state index contributed by atoms with van der Waals surface area (Å²) in [6.45, 7) is 0. The Bertz CT molecular complexity index is 235. The van der Waals surface area contributed by atoms with Crippen LogP contribution in [0.1, 0.15) is 6.42 Å². The van der Waals surface area contributed by atoms with Gasteiger partial charge in [0.2, 0.25) is 0 Å². The number of ether oxygens (including phenoxy) is 1. The quantitative estimate of drug-likeness (QED) is 0.531. The SMILES string of the molecule is COC(=O)[C@H]1N[C@H]2C(O)C[C@@H]1[C@@H]2F. The van der Waals surface area contributed by atoms with Gasteiger partial charge in [0, 0.05) is 5.92 Å². The van der Waals surface area contributed by atoms with Crippen molar-refractivity contribution in [2.45, 2.75) is 30.8 Å². The summed E-state index contributed by atoms with van der Waals surface area (Å²) in [6.07, 6.45) is -1.45. The third-order valence-electron chi connectivity index (χ3n) is 2.94. The van der Waals surface area contributed by atoms with Crippen molar-refractivity contribution in [1.29, 1.82) is 0 Å². The lowest BCUT2D eigenvalue weighted by Gasteiger charge is -2.23. The van der Waals surface area contributed by atoms with Crippen LogP contribution in [0.25, 0.3) is 0 Å². The van der Waals surface area contributed by atoms with Crippen LogP contribution in [0.3, 0.4) is 0 Å². The van der Waals surface area contributed by atoms with Gasteiger partial charge in [-0.1, -0.05) is 0 Å². The largest absolute Gasteiger partial charge is 0.468 e. The van der Waals surface area contributed by atoms with Crippen LogP contribution < -0.4 is 5.32 Å². The molecule has 0 amide bonds. The number of hydrogen-bond donors (Lipinski definition) is 2. The van der Waals surface area contributed by atoms with Crippen LogP contribution in [0.15, 0.2) is 0 Å². The fourth-order valence-electron chi connectivity index (χ4n) is 2.26. The highest BCUT2D eigenvalue weighted by atomic mass is 19.1. The third kappa shape index (κ3) is 1.14. The second kappa shape index (κ2) is 2.92. The van der Waals surface area contributed by atoms with Crippen LogP contribution in [0.4, 0.5) is 4.39 Å². The van der Waals surface area contributed by atoms with E-state index in [-0.39, 0.29) is 0 Å². The Hall–Kier alpha value is -0.680. The van der Waals surface area contributed by atoms with Crippen molar-refractivity contribution in [2.75, 3.05) is 7.11 Å². The van der Waals surface area contributed by atoms with E-state index in [1.807, 2.05) is 0 Å². The molecule has 1 unspecified atom stereocenters. The number of rotatable bonds is 1. The molecule has 74 valence electrons. The van der Waals surface area contributed by atoms with Crippen molar-refractivity contribution >= 4 is 5.97 Å².